The van der Waals surface area contributed by atoms with Crippen molar-refractivity contribution in [3.63, 3.8) is 0 Å². The summed E-state index contributed by atoms with van der Waals surface area (Å²) in [6, 6.07) is 0. The third-order valence-corrected chi connectivity index (χ3v) is 7.71. The Hall–Kier alpha value is -2.64. The molecule has 0 aliphatic carbocycles. The van der Waals surface area contributed by atoms with Gasteiger partial charge in [0, 0.05) is 24.4 Å². The second-order valence-corrected chi connectivity index (χ2v) is 11.9. The highest BCUT2D eigenvalue weighted by Gasteiger charge is 2.26. The molecule has 36 heavy (non-hydrogen) atoms. The number of oxazole rings is 1. The minimum absolute atomic E-state index is 0.0431. The van der Waals surface area contributed by atoms with E-state index in [-0.39, 0.29) is 29.7 Å². The molecule has 13 heteroatoms. The molecular weight excluding hydrogens is 504 g/mol. The Morgan fingerprint density at radius 2 is 1.89 bits per heavy atom. The lowest BCUT2D eigenvalue weighted by Gasteiger charge is -2.30. The molecule has 1 saturated heterocycles. The number of anilines is 1. The third-order valence-electron chi connectivity index (χ3n) is 5.62. The Kier molecular flexibility index (Phi) is 10.1. The van der Waals surface area contributed by atoms with Gasteiger partial charge in [-0.05, 0) is 32.4 Å². The molecule has 0 unspecified atom stereocenters. The summed E-state index contributed by atoms with van der Waals surface area (Å²) in [5.41, 5.74) is -0.0805. The van der Waals surface area contributed by atoms with Gasteiger partial charge in [0.1, 0.15) is 5.76 Å². The fourth-order valence-electron chi connectivity index (χ4n) is 3.57. The van der Waals surface area contributed by atoms with E-state index < -0.39 is 6.09 Å². The molecule has 3 amide bonds. The Balaban J connectivity index is 1.34. The summed E-state index contributed by atoms with van der Waals surface area (Å²) in [4.78, 5) is 45.9. The standard InChI is InChI=1S/C23H34N6O5S2/c1-23(2,3)16-11-26-18(34-16)14-35-19-12-27-21(36-19)28-20(31)15-5-9-29(10-6-15)13-17(30)24-7-4-8-25-22(32)33/h11-12,15,25H,4-10,13-14H2,1-3H3,(H,24,30)(H,32,33)(H,27,28,31). The summed E-state index contributed by atoms with van der Waals surface area (Å²) in [5, 5.41) is 17.1. The number of hydrogen-bond donors (Lipinski definition) is 4. The summed E-state index contributed by atoms with van der Waals surface area (Å²) in [7, 11) is 0. The monoisotopic (exact) mass is 538 g/mol. The van der Waals surface area contributed by atoms with Gasteiger partial charge in [0.05, 0.1) is 28.9 Å². The van der Waals surface area contributed by atoms with E-state index in [2.05, 4.69) is 46.7 Å². The van der Waals surface area contributed by atoms with Gasteiger partial charge in [0.2, 0.25) is 17.7 Å². The number of hydrogen-bond acceptors (Lipinski definition) is 9. The van der Waals surface area contributed by atoms with Gasteiger partial charge in [-0.3, -0.25) is 14.5 Å². The van der Waals surface area contributed by atoms with Crippen LogP contribution in [0.2, 0.25) is 0 Å². The van der Waals surface area contributed by atoms with Gasteiger partial charge in [-0.2, -0.15) is 0 Å². The summed E-state index contributed by atoms with van der Waals surface area (Å²) in [6.07, 6.45) is 4.34. The lowest BCUT2D eigenvalue weighted by atomic mass is 9.94. The molecule has 2 aromatic heterocycles. The number of carbonyl (C=O) groups is 3. The average molecular weight is 539 g/mol. The number of nitrogens with one attached hydrogen (secondary N) is 3. The van der Waals surface area contributed by atoms with Crippen LogP contribution in [0.25, 0.3) is 0 Å². The van der Waals surface area contributed by atoms with E-state index in [0.717, 1.165) is 9.97 Å². The van der Waals surface area contributed by atoms with Crippen molar-refractivity contribution in [1.82, 2.24) is 25.5 Å². The lowest BCUT2D eigenvalue weighted by Crippen LogP contribution is -2.43. The molecule has 11 nitrogen and oxygen atoms in total. The van der Waals surface area contributed by atoms with Crippen molar-refractivity contribution in [2.75, 3.05) is 38.0 Å². The number of thioether (sulfide) groups is 1. The molecule has 4 N–H and O–H groups in total. The Morgan fingerprint density at radius 3 is 2.56 bits per heavy atom. The van der Waals surface area contributed by atoms with E-state index >= 15 is 0 Å². The van der Waals surface area contributed by atoms with Gasteiger partial charge < -0.3 is 25.5 Å². The number of thiazole rings is 1. The second-order valence-electron chi connectivity index (χ2n) is 9.62. The van der Waals surface area contributed by atoms with Crippen LogP contribution in [-0.2, 0) is 20.8 Å². The van der Waals surface area contributed by atoms with E-state index in [1.54, 1.807) is 24.2 Å². The first kappa shape index (κ1) is 27.9. The van der Waals surface area contributed by atoms with Gasteiger partial charge in [-0.25, -0.2) is 14.8 Å². The predicted octanol–water partition coefficient (Wildman–Crippen LogP) is 3.15. The van der Waals surface area contributed by atoms with E-state index in [1.165, 1.54) is 11.3 Å². The molecule has 0 radical (unpaired) electrons. The smallest absolute Gasteiger partial charge is 0.404 e. The molecule has 3 heterocycles. The van der Waals surface area contributed by atoms with Crippen molar-refractivity contribution in [1.29, 1.82) is 0 Å². The number of rotatable bonds is 11. The van der Waals surface area contributed by atoms with E-state index in [4.69, 9.17) is 9.52 Å². The van der Waals surface area contributed by atoms with Crippen molar-refractivity contribution in [3.8, 4) is 0 Å². The topological polar surface area (TPSA) is 150 Å². The van der Waals surface area contributed by atoms with E-state index in [9.17, 15) is 14.4 Å². The first-order valence-corrected chi connectivity index (χ1v) is 13.7. The van der Waals surface area contributed by atoms with Crippen LogP contribution in [-0.4, -0.2) is 70.6 Å². The maximum absolute atomic E-state index is 12.7. The minimum atomic E-state index is -1.07. The van der Waals surface area contributed by atoms with Crippen molar-refractivity contribution >= 4 is 46.1 Å². The summed E-state index contributed by atoms with van der Waals surface area (Å²) >= 11 is 3.00. The Bertz CT molecular complexity index is 1030. The molecule has 1 aliphatic heterocycles. The highest BCUT2D eigenvalue weighted by molar-refractivity contribution is 8.00. The van der Waals surface area contributed by atoms with Gasteiger partial charge in [-0.1, -0.05) is 32.1 Å². The van der Waals surface area contributed by atoms with Crippen molar-refractivity contribution in [2.24, 2.45) is 5.92 Å². The zero-order valence-corrected chi connectivity index (χ0v) is 22.5. The fraction of sp³-hybridized carbons (Fsp3) is 0.609. The van der Waals surface area contributed by atoms with Crippen molar-refractivity contribution in [2.45, 2.75) is 55.4 Å². The molecule has 0 saturated carbocycles. The van der Waals surface area contributed by atoms with Crippen LogP contribution in [0.15, 0.2) is 21.0 Å². The predicted molar refractivity (Wildman–Crippen MR) is 138 cm³/mol. The number of piperidine rings is 1. The highest BCUT2D eigenvalue weighted by Crippen LogP contribution is 2.32. The lowest BCUT2D eigenvalue weighted by molar-refractivity contribution is -0.123. The Morgan fingerprint density at radius 1 is 1.17 bits per heavy atom. The van der Waals surface area contributed by atoms with Crippen LogP contribution in [0.5, 0.6) is 0 Å². The maximum atomic E-state index is 12.7. The van der Waals surface area contributed by atoms with Crippen LogP contribution in [0.4, 0.5) is 9.93 Å². The second kappa shape index (κ2) is 13.1. The molecule has 0 atom stereocenters. The SMILES string of the molecule is CC(C)(C)c1cnc(CSc2cnc(NC(=O)C3CCN(CC(=O)NCCCNC(=O)O)CC3)s2)o1. The summed E-state index contributed by atoms with van der Waals surface area (Å²) < 4.78 is 6.79. The molecule has 3 rings (SSSR count). The van der Waals surface area contributed by atoms with E-state index in [1.807, 2.05) is 4.90 Å². The molecule has 0 spiro atoms. The quantitative estimate of drug-likeness (QED) is 0.250. The maximum Gasteiger partial charge on any atom is 0.404 e. The normalized spacial score (nSPS) is 15.0. The van der Waals surface area contributed by atoms with Crippen LogP contribution >= 0.6 is 23.1 Å². The number of nitrogens with zero attached hydrogens (tertiary/aromatic N) is 3. The molecular formula is C23H34N6O5S2. The first-order valence-electron chi connectivity index (χ1n) is 11.9. The number of likely N-dealkylation sites (tertiary alicyclic amines) is 1. The van der Waals surface area contributed by atoms with Gasteiger partial charge >= 0.3 is 6.09 Å². The zero-order chi connectivity index (χ0) is 26.1. The fourth-order valence-corrected chi connectivity index (χ4v) is 5.30. The number of aromatic nitrogens is 2. The highest BCUT2D eigenvalue weighted by atomic mass is 32.2. The zero-order valence-electron chi connectivity index (χ0n) is 20.8. The number of carboxylic acid groups (broad SMARTS) is 1. The molecule has 2 aromatic rings. The molecule has 1 aliphatic rings. The Labute approximate surface area is 218 Å². The van der Waals surface area contributed by atoms with Crippen molar-refractivity contribution in [3.05, 3.63) is 24.0 Å². The molecule has 0 bridgehead atoms. The molecule has 1 fully saturated rings. The minimum Gasteiger partial charge on any atom is -0.465 e. The number of amides is 3. The van der Waals surface area contributed by atoms with E-state index in [0.29, 0.717) is 62.2 Å². The van der Waals surface area contributed by atoms with Gasteiger partial charge in [0.25, 0.3) is 0 Å². The van der Waals surface area contributed by atoms with Crippen LogP contribution in [0, 0.1) is 5.92 Å². The number of carbonyl (C=O) groups excluding carboxylic acids is 2. The third kappa shape index (κ3) is 9.10. The largest absolute Gasteiger partial charge is 0.465 e. The molecule has 0 aromatic carbocycles. The van der Waals surface area contributed by atoms with Crippen LogP contribution in [0.1, 0.15) is 51.7 Å². The van der Waals surface area contributed by atoms with Crippen LogP contribution in [0.3, 0.4) is 0 Å². The summed E-state index contributed by atoms with van der Waals surface area (Å²) in [6.45, 7) is 8.56. The van der Waals surface area contributed by atoms with Crippen molar-refractivity contribution < 1.29 is 23.9 Å². The van der Waals surface area contributed by atoms with Gasteiger partial charge in [-0.15, -0.1) is 11.8 Å². The van der Waals surface area contributed by atoms with Crippen LogP contribution < -0.4 is 16.0 Å². The molecule has 198 valence electrons. The van der Waals surface area contributed by atoms with Gasteiger partial charge in [0.15, 0.2) is 5.13 Å². The first-order chi connectivity index (χ1) is 17.1. The average Bonchev–Trinajstić information content (AvgIpc) is 3.47. The summed E-state index contributed by atoms with van der Waals surface area (Å²) in [5.74, 6) is 1.86.